The minimum Gasteiger partial charge on any atom is -0.481 e. The molecule has 1 N–H and O–H groups in total. The lowest BCUT2D eigenvalue weighted by Crippen LogP contribution is -2.42. The summed E-state index contributed by atoms with van der Waals surface area (Å²) in [6.45, 7) is 6.47. The summed E-state index contributed by atoms with van der Waals surface area (Å²) < 4.78 is 0.968. The third-order valence-corrected chi connectivity index (χ3v) is 4.85. The quantitative estimate of drug-likeness (QED) is 0.908. The Hall–Kier alpha value is -1.36. The normalized spacial score (nSPS) is 22.4. The van der Waals surface area contributed by atoms with E-state index in [1.807, 2.05) is 45.0 Å². The third-order valence-electron chi connectivity index (χ3n) is 4.32. The van der Waals surface area contributed by atoms with Gasteiger partial charge in [0.05, 0.1) is 11.3 Å². The van der Waals surface area contributed by atoms with E-state index in [-0.39, 0.29) is 11.8 Å². The van der Waals surface area contributed by atoms with Gasteiger partial charge in [0, 0.05) is 17.6 Å². The highest BCUT2D eigenvalue weighted by molar-refractivity contribution is 9.10. The van der Waals surface area contributed by atoms with Crippen molar-refractivity contribution in [2.45, 2.75) is 26.2 Å². The van der Waals surface area contributed by atoms with Crippen LogP contribution in [0.25, 0.3) is 0 Å². The number of carbonyl (C=O) groups is 2. The van der Waals surface area contributed by atoms with Gasteiger partial charge in [-0.25, -0.2) is 0 Å². The van der Waals surface area contributed by atoms with Crippen LogP contribution in [0, 0.1) is 11.8 Å². The number of rotatable bonds is 3. The van der Waals surface area contributed by atoms with E-state index in [1.54, 1.807) is 4.90 Å². The Morgan fingerprint density at radius 1 is 1.24 bits per heavy atom. The molecule has 1 aromatic carbocycles. The van der Waals surface area contributed by atoms with Crippen molar-refractivity contribution >= 4 is 27.8 Å². The van der Waals surface area contributed by atoms with Crippen LogP contribution < -0.4 is 0 Å². The number of carboxylic acids is 1. The highest BCUT2D eigenvalue weighted by Gasteiger charge is 2.42. The van der Waals surface area contributed by atoms with Crippen LogP contribution in [-0.2, 0) is 15.0 Å². The Morgan fingerprint density at radius 3 is 2.29 bits per heavy atom. The van der Waals surface area contributed by atoms with Gasteiger partial charge in [0.1, 0.15) is 0 Å². The van der Waals surface area contributed by atoms with Gasteiger partial charge < -0.3 is 10.0 Å². The molecule has 1 saturated heterocycles. The van der Waals surface area contributed by atoms with Gasteiger partial charge in [0.15, 0.2) is 0 Å². The van der Waals surface area contributed by atoms with E-state index in [4.69, 9.17) is 0 Å². The molecule has 5 heteroatoms. The van der Waals surface area contributed by atoms with E-state index in [9.17, 15) is 14.7 Å². The Bertz CT molecular complexity index is 553. The van der Waals surface area contributed by atoms with Crippen molar-refractivity contribution in [3.63, 3.8) is 0 Å². The molecule has 1 amide bonds. The zero-order chi connectivity index (χ0) is 15.8. The van der Waals surface area contributed by atoms with Crippen LogP contribution in [0.1, 0.15) is 26.3 Å². The van der Waals surface area contributed by atoms with E-state index < -0.39 is 17.3 Å². The van der Waals surface area contributed by atoms with Gasteiger partial charge >= 0.3 is 5.97 Å². The highest BCUT2D eigenvalue weighted by Crippen LogP contribution is 2.31. The SMILES string of the molecule is C[C@@H]1CN(C(=O)C(C)(C)c2ccc(Br)cc2)C[C@H]1C(=O)O. The summed E-state index contributed by atoms with van der Waals surface area (Å²) in [7, 11) is 0. The molecule has 0 spiro atoms. The molecule has 0 aromatic heterocycles. The summed E-state index contributed by atoms with van der Waals surface area (Å²) in [5.74, 6) is -1.30. The van der Waals surface area contributed by atoms with Crippen molar-refractivity contribution in [2.75, 3.05) is 13.1 Å². The Labute approximate surface area is 133 Å². The molecule has 1 fully saturated rings. The fraction of sp³-hybridized carbons (Fsp3) is 0.500. The fourth-order valence-electron chi connectivity index (χ4n) is 2.84. The predicted molar refractivity (Wildman–Crippen MR) is 84.0 cm³/mol. The second-order valence-electron chi connectivity index (χ2n) is 6.26. The van der Waals surface area contributed by atoms with E-state index in [2.05, 4.69) is 15.9 Å². The van der Waals surface area contributed by atoms with Crippen molar-refractivity contribution in [3.05, 3.63) is 34.3 Å². The molecule has 21 heavy (non-hydrogen) atoms. The number of nitrogens with zero attached hydrogens (tertiary/aromatic N) is 1. The lowest BCUT2D eigenvalue weighted by atomic mass is 9.83. The summed E-state index contributed by atoms with van der Waals surface area (Å²) in [6, 6.07) is 7.68. The van der Waals surface area contributed by atoms with E-state index in [1.165, 1.54) is 0 Å². The lowest BCUT2D eigenvalue weighted by Gasteiger charge is -2.29. The lowest BCUT2D eigenvalue weighted by molar-refractivity contribution is -0.142. The summed E-state index contributed by atoms with van der Waals surface area (Å²) in [4.78, 5) is 25.7. The number of carbonyl (C=O) groups excluding carboxylic acids is 1. The van der Waals surface area contributed by atoms with E-state index >= 15 is 0 Å². The molecular weight excluding hydrogens is 334 g/mol. The molecule has 0 bridgehead atoms. The molecule has 2 rings (SSSR count). The average molecular weight is 354 g/mol. The number of benzene rings is 1. The second-order valence-corrected chi connectivity index (χ2v) is 7.18. The van der Waals surface area contributed by atoms with E-state index in [0.29, 0.717) is 13.1 Å². The van der Waals surface area contributed by atoms with Crippen LogP contribution >= 0.6 is 15.9 Å². The number of hydrogen-bond acceptors (Lipinski definition) is 2. The molecule has 1 aromatic rings. The number of amides is 1. The van der Waals surface area contributed by atoms with Gasteiger partial charge in [-0.1, -0.05) is 35.0 Å². The molecule has 2 atom stereocenters. The maximum absolute atomic E-state index is 12.8. The largest absolute Gasteiger partial charge is 0.481 e. The van der Waals surface area contributed by atoms with Crippen molar-refractivity contribution in [1.82, 2.24) is 4.90 Å². The summed E-state index contributed by atoms with van der Waals surface area (Å²) >= 11 is 3.39. The van der Waals surface area contributed by atoms with Crippen molar-refractivity contribution in [2.24, 2.45) is 11.8 Å². The highest BCUT2D eigenvalue weighted by atomic mass is 79.9. The molecule has 0 aliphatic carbocycles. The first-order valence-electron chi connectivity index (χ1n) is 7.01. The van der Waals surface area contributed by atoms with Crippen LogP contribution in [0.2, 0.25) is 0 Å². The van der Waals surface area contributed by atoms with Gasteiger partial charge in [-0.15, -0.1) is 0 Å². The Balaban J connectivity index is 2.19. The standard InChI is InChI=1S/C16H20BrNO3/c1-10-8-18(9-13(10)14(19)20)15(21)16(2,3)11-4-6-12(17)7-5-11/h4-7,10,13H,8-9H2,1-3H3,(H,19,20)/t10-,13-/m1/s1. The zero-order valence-corrected chi connectivity index (χ0v) is 14.1. The number of carboxylic acid groups (broad SMARTS) is 1. The number of likely N-dealkylation sites (tertiary alicyclic amines) is 1. The molecule has 1 heterocycles. The Morgan fingerprint density at radius 2 is 1.81 bits per heavy atom. The fourth-order valence-corrected chi connectivity index (χ4v) is 3.10. The first-order valence-corrected chi connectivity index (χ1v) is 7.81. The van der Waals surface area contributed by atoms with Gasteiger partial charge in [-0.2, -0.15) is 0 Å². The van der Waals surface area contributed by atoms with Gasteiger partial charge in [-0.05, 0) is 37.5 Å². The molecule has 114 valence electrons. The predicted octanol–water partition coefficient (Wildman–Crippen LogP) is 2.91. The van der Waals surface area contributed by atoms with Gasteiger partial charge in [-0.3, -0.25) is 9.59 Å². The molecule has 0 unspecified atom stereocenters. The monoisotopic (exact) mass is 353 g/mol. The number of halogens is 1. The molecule has 0 radical (unpaired) electrons. The van der Waals surface area contributed by atoms with Gasteiger partial charge in [0.2, 0.25) is 5.91 Å². The molecule has 1 aliphatic rings. The van der Waals surface area contributed by atoms with Crippen LogP contribution in [-0.4, -0.2) is 35.0 Å². The number of aliphatic carboxylic acids is 1. The summed E-state index contributed by atoms with van der Waals surface area (Å²) in [5, 5.41) is 9.19. The topological polar surface area (TPSA) is 57.6 Å². The molecule has 4 nitrogen and oxygen atoms in total. The minimum atomic E-state index is -0.820. The third kappa shape index (κ3) is 3.12. The maximum Gasteiger partial charge on any atom is 0.308 e. The van der Waals surface area contributed by atoms with Crippen LogP contribution in [0.15, 0.2) is 28.7 Å². The molecular formula is C16H20BrNO3. The molecule has 0 saturated carbocycles. The van der Waals surface area contributed by atoms with Crippen molar-refractivity contribution < 1.29 is 14.7 Å². The second kappa shape index (κ2) is 5.79. The van der Waals surface area contributed by atoms with E-state index in [0.717, 1.165) is 10.0 Å². The van der Waals surface area contributed by atoms with Crippen LogP contribution in [0.5, 0.6) is 0 Å². The average Bonchev–Trinajstić information content (AvgIpc) is 2.80. The van der Waals surface area contributed by atoms with Crippen molar-refractivity contribution in [1.29, 1.82) is 0 Å². The van der Waals surface area contributed by atoms with Crippen molar-refractivity contribution in [3.8, 4) is 0 Å². The zero-order valence-electron chi connectivity index (χ0n) is 12.5. The maximum atomic E-state index is 12.8. The first kappa shape index (κ1) is 16.0. The summed E-state index contributed by atoms with van der Waals surface area (Å²) in [5.41, 5.74) is 0.274. The molecule has 1 aliphatic heterocycles. The van der Waals surface area contributed by atoms with Gasteiger partial charge in [0.25, 0.3) is 0 Å². The first-order chi connectivity index (χ1) is 9.73. The van der Waals surface area contributed by atoms with Crippen LogP contribution in [0.4, 0.5) is 0 Å². The number of hydrogen-bond donors (Lipinski definition) is 1. The Kier molecular flexibility index (Phi) is 4.42. The van der Waals surface area contributed by atoms with Crippen LogP contribution in [0.3, 0.4) is 0 Å². The minimum absolute atomic E-state index is 0.00725. The summed E-state index contributed by atoms with van der Waals surface area (Å²) in [6.07, 6.45) is 0. The smallest absolute Gasteiger partial charge is 0.308 e.